The van der Waals surface area contributed by atoms with Crippen LogP contribution in [-0.4, -0.2) is 4.37 Å². The third kappa shape index (κ3) is 1.73. The molecule has 0 saturated carbocycles. The molecule has 0 radical (unpaired) electrons. The minimum atomic E-state index is 0.0763. The molecule has 0 aliphatic heterocycles. The fourth-order valence-electron chi connectivity index (χ4n) is 0.758. The predicted molar refractivity (Wildman–Crippen MR) is 52.9 cm³/mol. The zero-order chi connectivity index (χ0) is 8.65. The third-order valence-electron chi connectivity index (χ3n) is 1.37. The molecule has 1 heterocycles. The van der Waals surface area contributed by atoms with Crippen molar-refractivity contribution in [2.45, 2.75) is 26.2 Å². The molecular formula is C7H11BrN2S. The van der Waals surface area contributed by atoms with Crippen LogP contribution < -0.4 is 5.73 Å². The SMILES string of the molecule is CC(C)(C)c1nsc(N)c1Br. The van der Waals surface area contributed by atoms with Crippen LogP contribution in [0.2, 0.25) is 0 Å². The number of anilines is 1. The zero-order valence-electron chi connectivity index (χ0n) is 6.81. The summed E-state index contributed by atoms with van der Waals surface area (Å²) in [5, 5.41) is 0.759. The summed E-state index contributed by atoms with van der Waals surface area (Å²) in [5.74, 6) is 0. The van der Waals surface area contributed by atoms with E-state index >= 15 is 0 Å². The Bertz CT molecular complexity index is 262. The molecule has 11 heavy (non-hydrogen) atoms. The number of hydrogen-bond donors (Lipinski definition) is 1. The average Bonchev–Trinajstić information content (AvgIpc) is 2.11. The number of rotatable bonds is 0. The van der Waals surface area contributed by atoms with Gasteiger partial charge in [-0.2, -0.15) is 4.37 Å². The van der Waals surface area contributed by atoms with E-state index in [0.717, 1.165) is 15.2 Å². The fraction of sp³-hybridized carbons (Fsp3) is 0.571. The smallest absolute Gasteiger partial charge is 0.121 e. The van der Waals surface area contributed by atoms with Crippen molar-refractivity contribution < 1.29 is 0 Å². The second kappa shape index (κ2) is 2.75. The van der Waals surface area contributed by atoms with Crippen LogP contribution in [0.3, 0.4) is 0 Å². The lowest BCUT2D eigenvalue weighted by Crippen LogP contribution is -2.12. The number of nitrogens with two attached hydrogens (primary N) is 1. The van der Waals surface area contributed by atoms with Crippen LogP contribution in [0.1, 0.15) is 26.5 Å². The molecule has 0 unspecified atom stereocenters. The van der Waals surface area contributed by atoms with Crippen LogP contribution in [0.15, 0.2) is 4.47 Å². The lowest BCUT2D eigenvalue weighted by molar-refractivity contribution is 0.573. The number of nitrogen functional groups attached to an aromatic ring is 1. The van der Waals surface area contributed by atoms with Crippen molar-refractivity contribution in [3.8, 4) is 0 Å². The van der Waals surface area contributed by atoms with Gasteiger partial charge in [-0.15, -0.1) is 0 Å². The maximum Gasteiger partial charge on any atom is 0.121 e. The van der Waals surface area contributed by atoms with Gasteiger partial charge in [0.15, 0.2) is 0 Å². The van der Waals surface area contributed by atoms with Crippen molar-refractivity contribution in [1.82, 2.24) is 4.37 Å². The molecule has 62 valence electrons. The maximum atomic E-state index is 5.65. The van der Waals surface area contributed by atoms with E-state index in [9.17, 15) is 0 Å². The molecule has 0 saturated heterocycles. The highest BCUT2D eigenvalue weighted by molar-refractivity contribution is 9.10. The van der Waals surface area contributed by atoms with Gasteiger partial charge in [-0.3, -0.25) is 0 Å². The van der Waals surface area contributed by atoms with Crippen molar-refractivity contribution >= 4 is 32.5 Å². The predicted octanol–water partition coefficient (Wildman–Crippen LogP) is 2.79. The molecule has 0 aromatic carbocycles. The van der Waals surface area contributed by atoms with Crippen molar-refractivity contribution in [3.63, 3.8) is 0 Å². The Hall–Kier alpha value is -0.0900. The van der Waals surface area contributed by atoms with E-state index in [0.29, 0.717) is 0 Å². The van der Waals surface area contributed by atoms with Gasteiger partial charge in [-0.1, -0.05) is 20.8 Å². The Kier molecular flexibility index (Phi) is 2.25. The molecule has 2 nitrogen and oxygen atoms in total. The van der Waals surface area contributed by atoms with Crippen molar-refractivity contribution in [2.24, 2.45) is 0 Å². The van der Waals surface area contributed by atoms with Gasteiger partial charge in [-0.25, -0.2) is 0 Å². The summed E-state index contributed by atoms with van der Waals surface area (Å²) in [6.07, 6.45) is 0. The average molecular weight is 235 g/mol. The minimum Gasteiger partial charge on any atom is -0.388 e. The van der Waals surface area contributed by atoms with E-state index in [4.69, 9.17) is 5.73 Å². The van der Waals surface area contributed by atoms with E-state index in [-0.39, 0.29) is 5.41 Å². The second-order valence-electron chi connectivity index (χ2n) is 3.46. The molecule has 1 aromatic heterocycles. The summed E-state index contributed by atoms with van der Waals surface area (Å²) in [6.45, 7) is 6.35. The van der Waals surface area contributed by atoms with Gasteiger partial charge in [0.25, 0.3) is 0 Å². The molecule has 0 fully saturated rings. The van der Waals surface area contributed by atoms with Crippen LogP contribution in [0.25, 0.3) is 0 Å². The van der Waals surface area contributed by atoms with E-state index in [1.54, 1.807) is 0 Å². The largest absolute Gasteiger partial charge is 0.388 e. The molecule has 1 aromatic rings. The first-order valence-electron chi connectivity index (χ1n) is 3.34. The first kappa shape index (κ1) is 9.00. The topological polar surface area (TPSA) is 38.9 Å². The number of hydrogen-bond acceptors (Lipinski definition) is 3. The minimum absolute atomic E-state index is 0.0763. The summed E-state index contributed by atoms with van der Waals surface area (Å²) < 4.78 is 5.21. The molecule has 0 aliphatic rings. The van der Waals surface area contributed by atoms with Gasteiger partial charge in [0, 0.05) is 5.41 Å². The van der Waals surface area contributed by atoms with Crippen LogP contribution >= 0.6 is 27.5 Å². The van der Waals surface area contributed by atoms with Crippen molar-refractivity contribution in [2.75, 3.05) is 5.73 Å². The highest BCUT2D eigenvalue weighted by Crippen LogP contribution is 2.35. The van der Waals surface area contributed by atoms with Gasteiger partial charge >= 0.3 is 0 Å². The van der Waals surface area contributed by atoms with Gasteiger partial charge in [0.2, 0.25) is 0 Å². The van der Waals surface area contributed by atoms with E-state index in [1.807, 2.05) is 0 Å². The first-order chi connectivity index (χ1) is 4.93. The van der Waals surface area contributed by atoms with Crippen LogP contribution in [0, 0.1) is 0 Å². The molecule has 0 atom stereocenters. The Labute approximate surface area is 79.1 Å². The van der Waals surface area contributed by atoms with E-state index in [1.165, 1.54) is 11.5 Å². The van der Waals surface area contributed by atoms with Gasteiger partial charge in [0.05, 0.1) is 10.2 Å². The Morgan fingerprint density at radius 3 is 2.18 bits per heavy atom. The van der Waals surface area contributed by atoms with Crippen molar-refractivity contribution in [3.05, 3.63) is 10.2 Å². The summed E-state index contributed by atoms with van der Waals surface area (Å²) in [6, 6.07) is 0. The quantitative estimate of drug-likeness (QED) is 0.750. The summed E-state index contributed by atoms with van der Waals surface area (Å²) in [4.78, 5) is 0. The lowest BCUT2D eigenvalue weighted by Gasteiger charge is -2.15. The standard InChI is InChI=1S/C7H11BrN2S/c1-7(2,3)5-4(8)6(9)11-10-5/h9H2,1-3H3. The summed E-state index contributed by atoms with van der Waals surface area (Å²) in [5.41, 5.74) is 6.76. The Morgan fingerprint density at radius 2 is 2.00 bits per heavy atom. The van der Waals surface area contributed by atoms with E-state index in [2.05, 4.69) is 41.1 Å². The Morgan fingerprint density at radius 1 is 1.45 bits per heavy atom. The molecule has 0 bridgehead atoms. The lowest BCUT2D eigenvalue weighted by atomic mass is 9.92. The zero-order valence-corrected chi connectivity index (χ0v) is 9.21. The number of aromatic nitrogens is 1. The molecule has 1 rings (SSSR count). The molecule has 4 heteroatoms. The van der Waals surface area contributed by atoms with Crippen LogP contribution in [0.5, 0.6) is 0 Å². The summed E-state index contributed by atoms with van der Waals surface area (Å²) in [7, 11) is 0. The first-order valence-corrected chi connectivity index (χ1v) is 4.90. The van der Waals surface area contributed by atoms with E-state index < -0.39 is 0 Å². The Balaban J connectivity index is 3.15. The highest BCUT2D eigenvalue weighted by atomic mass is 79.9. The second-order valence-corrected chi connectivity index (χ2v) is 5.06. The van der Waals surface area contributed by atoms with Crippen molar-refractivity contribution in [1.29, 1.82) is 0 Å². The summed E-state index contributed by atoms with van der Waals surface area (Å²) >= 11 is 4.75. The van der Waals surface area contributed by atoms with Crippen LogP contribution in [-0.2, 0) is 5.41 Å². The number of halogens is 1. The highest BCUT2D eigenvalue weighted by Gasteiger charge is 2.21. The van der Waals surface area contributed by atoms with Gasteiger partial charge < -0.3 is 5.73 Å². The number of nitrogens with zero attached hydrogens (tertiary/aromatic N) is 1. The maximum absolute atomic E-state index is 5.65. The monoisotopic (exact) mass is 234 g/mol. The molecule has 2 N–H and O–H groups in total. The molecule has 0 amide bonds. The van der Waals surface area contributed by atoms with Gasteiger partial charge in [-0.05, 0) is 27.5 Å². The van der Waals surface area contributed by atoms with Gasteiger partial charge in [0.1, 0.15) is 5.00 Å². The molecule has 0 spiro atoms. The van der Waals surface area contributed by atoms with Crippen LogP contribution in [0.4, 0.5) is 5.00 Å². The molecular weight excluding hydrogens is 224 g/mol. The fourth-order valence-corrected chi connectivity index (χ4v) is 2.51. The normalized spacial score (nSPS) is 12.0. The third-order valence-corrected chi connectivity index (χ3v) is 3.11. The molecule has 0 aliphatic carbocycles.